The molecule has 0 radical (unpaired) electrons. The van der Waals surface area contributed by atoms with Crippen molar-refractivity contribution in [3.8, 4) is 0 Å². The van der Waals surface area contributed by atoms with E-state index >= 15 is 0 Å². The Balaban J connectivity index is 2.30. The third-order valence-corrected chi connectivity index (χ3v) is 3.70. The van der Waals surface area contributed by atoms with E-state index in [1.165, 1.54) is 11.9 Å². The maximum Gasteiger partial charge on any atom is 0.190 e. The Kier molecular flexibility index (Phi) is 4.04. The van der Waals surface area contributed by atoms with E-state index in [-0.39, 0.29) is 0 Å². The summed E-state index contributed by atoms with van der Waals surface area (Å²) in [5, 5.41) is 5.59. The first-order chi connectivity index (χ1) is 8.20. The summed E-state index contributed by atoms with van der Waals surface area (Å²) in [7, 11) is 1.86. The Hall–Kier alpha value is -1.04. The average molecular weight is 269 g/mol. The van der Waals surface area contributed by atoms with Gasteiger partial charge >= 0.3 is 0 Å². The molecule has 0 saturated carbocycles. The largest absolute Gasteiger partial charge is 0.330 e. The summed E-state index contributed by atoms with van der Waals surface area (Å²) in [5.41, 5.74) is 6.78. The predicted octanol–water partition coefficient (Wildman–Crippen LogP) is 2.12. The topological polar surface area (TPSA) is 56.7 Å². The summed E-state index contributed by atoms with van der Waals surface area (Å²) in [5.74, 6) is 0. The maximum absolute atomic E-state index is 6.01. The Labute approximate surface area is 109 Å². The van der Waals surface area contributed by atoms with Crippen LogP contribution in [0.4, 0.5) is 0 Å². The number of hydrogen-bond donors (Lipinski definition) is 1. The number of aromatic nitrogens is 3. The number of nitrogens with zero attached hydrogens (tertiary/aromatic N) is 3. The van der Waals surface area contributed by atoms with Crippen molar-refractivity contribution in [1.29, 1.82) is 0 Å². The normalized spacial score (nSPS) is 10.8. The lowest BCUT2D eigenvalue weighted by molar-refractivity contribution is 0.685. The molecule has 0 saturated heterocycles. The molecular weight excluding hydrogens is 256 g/mol. The van der Waals surface area contributed by atoms with Gasteiger partial charge in [0.25, 0.3) is 0 Å². The molecule has 4 nitrogen and oxygen atoms in total. The van der Waals surface area contributed by atoms with Gasteiger partial charge in [0.15, 0.2) is 5.16 Å². The predicted molar refractivity (Wildman–Crippen MR) is 69.3 cm³/mol. The highest BCUT2D eigenvalue weighted by molar-refractivity contribution is 7.99. The first kappa shape index (κ1) is 12.4. The highest BCUT2D eigenvalue weighted by Gasteiger charge is 2.08. The molecular formula is C11H13ClN4S. The van der Waals surface area contributed by atoms with Gasteiger partial charge in [0.2, 0.25) is 0 Å². The molecule has 2 aromatic rings. The fourth-order valence-corrected chi connectivity index (χ4v) is 2.66. The second-order valence-corrected chi connectivity index (χ2v) is 5.00. The summed E-state index contributed by atoms with van der Waals surface area (Å²) < 4.78 is 1.73. The standard InChI is InChI=1S/C11H13ClN4S/c1-16-11(14-7-15-16)17-10-6-9(12)3-2-8(10)4-5-13/h2-3,6-7H,4-5,13H2,1H3. The summed E-state index contributed by atoms with van der Waals surface area (Å²) in [6, 6.07) is 5.83. The zero-order valence-corrected chi connectivity index (χ0v) is 11.0. The van der Waals surface area contributed by atoms with Crippen molar-refractivity contribution in [2.75, 3.05) is 6.54 Å². The fraction of sp³-hybridized carbons (Fsp3) is 0.273. The number of rotatable bonds is 4. The van der Waals surface area contributed by atoms with E-state index in [2.05, 4.69) is 10.1 Å². The quantitative estimate of drug-likeness (QED) is 0.923. The van der Waals surface area contributed by atoms with Gasteiger partial charge in [-0.3, -0.25) is 0 Å². The zero-order valence-electron chi connectivity index (χ0n) is 9.43. The van der Waals surface area contributed by atoms with Gasteiger partial charge < -0.3 is 5.73 Å². The molecule has 0 amide bonds. The van der Waals surface area contributed by atoms with Gasteiger partial charge in [-0.25, -0.2) is 9.67 Å². The monoisotopic (exact) mass is 268 g/mol. The van der Waals surface area contributed by atoms with Gasteiger partial charge in [-0.1, -0.05) is 17.7 Å². The summed E-state index contributed by atoms with van der Waals surface area (Å²) >= 11 is 7.56. The maximum atomic E-state index is 6.01. The van der Waals surface area contributed by atoms with Crippen molar-refractivity contribution < 1.29 is 0 Å². The molecule has 0 aliphatic rings. The van der Waals surface area contributed by atoms with Crippen LogP contribution in [-0.4, -0.2) is 21.3 Å². The smallest absolute Gasteiger partial charge is 0.190 e. The zero-order chi connectivity index (χ0) is 12.3. The Morgan fingerprint density at radius 1 is 1.47 bits per heavy atom. The van der Waals surface area contributed by atoms with E-state index in [1.807, 2.05) is 25.2 Å². The summed E-state index contributed by atoms with van der Waals surface area (Å²) in [4.78, 5) is 5.26. The third kappa shape index (κ3) is 3.00. The van der Waals surface area contributed by atoms with Gasteiger partial charge in [0, 0.05) is 17.0 Å². The van der Waals surface area contributed by atoms with Crippen molar-refractivity contribution in [1.82, 2.24) is 14.8 Å². The van der Waals surface area contributed by atoms with Crippen LogP contribution in [0.1, 0.15) is 5.56 Å². The average Bonchev–Trinajstić information content (AvgIpc) is 2.69. The minimum Gasteiger partial charge on any atom is -0.330 e. The molecule has 6 heteroatoms. The van der Waals surface area contributed by atoms with Crippen LogP contribution in [0.2, 0.25) is 5.02 Å². The lowest BCUT2D eigenvalue weighted by atomic mass is 10.1. The van der Waals surface area contributed by atoms with E-state index in [0.29, 0.717) is 6.54 Å². The van der Waals surface area contributed by atoms with E-state index in [9.17, 15) is 0 Å². The molecule has 0 atom stereocenters. The number of benzene rings is 1. The van der Waals surface area contributed by atoms with E-state index in [1.54, 1.807) is 16.4 Å². The number of nitrogens with two attached hydrogens (primary N) is 1. The summed E-state index contributed by atoms with van der Waals surface area (Å²) in [6.07, 6.45) is 2.37. The Morgan fingerprint density at radius 3 is 2.94 bits per heavy atom. The van der Waals surface area contributed by atoms with Crippen molar-refractivity contribution in [3.05, 3.63) is 35.1 Å². The molecule has 1 heterocycles. The molecule has 0 aliphatic heterocycles. The van der Waals surface area contributed by atoms with Crippen LogP contribution in [0.15, 0.2) is 34.6 Å². The van der Waals surface area contributed by atoms with Crippen molar-refractivity contribution in [3.63, 3.8) is 0 Å². The number of hydrogen-bond acceptors (Lipinski definition) is 4. The van der Waals surface area contributed by atoms with Crippen LogP contribution < -0.4 is 5.73 Å². The van der Waals surface area contributed by atoms with Gasteiger partial charge in [0.05, 0.1) is 0 Å². The number of aryl methyl sites for hydroxylation is 1. The fourth-order valence-electron chi connectivity index (χ4n) is 1.46. The molecule has 1 aromatic heterocycles. The summed E-state index contributed by atoms with van der Waals surface area (Å²) in [6.45, 7) is 0.619. The van der Waals surface area contributed by atoms with Crippen molar-refractivity contribution in [2.45, 2.75) is 16.5 Å². The molecule has 1 aromatic carbocycles. The van der Waals surface area contributed by atoms with Crippen LogP contribution in [-0.2, 0) is 13.5 Å². The van der Waals surface area contributed by atoms with Crippen LogP contribution >= 0.6 is 23.4 Å². The Morgan fingerprint density at radius 2 is 2.29 bits per heavy atom. The van der Waals surface area contributed by atoms with Crippen LogP contribution in [0.25, 0.3) is 0 Å². The minimum atomic E-state index is 0.619. The molecule has 0 unspecified atom stereocenters. The van der Waals surface area contributed by atoms with Crippen LogP contribution in [0, 0.1) is 0 Å². The third-order valence-electron chi connectivity index (χ3n) is 2.31. The molecule has 2 N–H and O–H groups in total. The molecule has 90 valence electrons. The van der Waals surface area contributed by atoms with Crippen LogP contribution in [0.3, 0.4) is 0 Å². The Bertz CT molecular complexity index is 512. The highest BCUT2D eigenvalue weighted by Crippen LogP contribution is 2.31. The van der Waals surface area contributed by atoms with E-state index in [4.69, 9.17) is 17.3 Å². The first-order valence-electron chi connectivity index (χ1n) is 5.21. The first-order valence-corrected chi connectivity index (χ1v) is 6.40. The lowest BCUT2D eigenvalue weighted by Crippen LogP contribution is -2.04. The van der Waals surface area contributed by atoms with E-state index < -0.39 is 0 Å². The number of halogens is 1. The second kappa shape index (κ2) is 5.53. The van der Waals surface area contributed by atoms with Crippen molar-refractivity contribution in [2.24, 2.45) is 12.8 Å². The van der Waals surface area contributed by atoms with Gasteiger partial charge in [-0.2, -0.15) is 5.10 Å². The second-order valence-electron chi connectivity index (χ2n) is 3.56. The van der Waals surface area contributed by atoms with E-state index in [0.717, 1.165) is 21.5 Å². The minimum absolute atomic E-state index is 0.619. The molecule has 0 bridgehead atoms. The molecule has 0 aliphatic carbocycles. The SMILES string of the molecule is Cn1ncnc1Sc1cc(Cl)ccc1CCN. The highest BCUT2D eigenvalue weighted by atomic mass is 35.5. The van der Waals surface area contributed by atoms with Gasteiger partial charge in [-0.05, 0) is 42.4 Å². The molecule has 0 fully saturated rings. The van der Waals surface area contributed by atoms with Crippen LogP contribution in [0.5, 0.6) is 0 Å². The lowest BCUT2D eigenvalue weighted by Gasteiger charge is -2.08. The molecule has 2 rings (SSSR count). The van der Waals surface area contributed by atoms with Gasteiger partial charge in [0.1, 0.15) is 6.33 Å². The van der Waals surface area contributed by atoms with Crippen molar-refractivity contribution >= 4 is 23.4 Å². The molecule has 0 spiro atoms. The molecule has 17 heavy (non-hydrogen) atoms. The van der Waals surface area contributed by atoms with Gasteiger partial charge in [-0.15, -0.1) is 0 Å².